The highest BCUT2D eigenvalue weighted by molar-refractivity contribution is 6.30. The molecule has 0 saturated carbocycles. The van der Waals surface area contributed by atoms with Gasteiger partial charge in [-0.05, 0) is 37.6 Å². The molecule has 0 atom stereocenters. The maximum Gasteiger partial charge on any atom is 0.137 e. The first-order valence-corrected chi connectivity index (χ1v) is 5.90. The Morgan fingerprint density at radius 2 is 1.88 bits per heavy atom. The number of hydrogen-bond donors (Lipinski definition) is 1. The van der Waals surface area contributed by atoms with Crippen LogP contribution in [0, 0.1) is 6.92 Å². The second kappa shape index (κ2) is 5.87. The van der Waals surface area contributed by atoms with Crippen molar-refractivity contribution in [2.24, 2.45) is 0 Å². The topological polar surface area (TPSA) is 28.7 Å². The van der Waals surface area contributed by atoms with Crippen molar-refractivity contribution in [3.63, 3.8) is 0 Å². The Balaban J connectivity index is 0.00000144. The van der Waals surface area contributed by atoms with Gasteiger partial charge in [0.25, 0.3) is 0 Å². The van der Waals surface area contributed by atoms with Crippen LogP contribution >= 0.6 is 11.6 Å². The highest BCUT2D eigenvalue weighted by Gasteiger charge is 2.07. The lowest BCUT2D eigenvalue weighted by Gasteiger charge is -1.96. The summed E-state index contributed by atoms with van der Waals surface area (Å²) in [6.45, 7) is 4.23. The van der Waals surface area contributed by atoms with Crippen LogP contribution in [0.25, 0.3) is 11.4 Å². The van der Waals surface area contributed by atoms with Gasteiger partial charge in [-0.3, -0.25) is 0 Å². The molecule has 17 heavy (non-hydrogen) atoms. The quantitative estimate of drug-likeness (QED) is 0.846. The Morgan fingerprint density at radius 1 is 1.24 bits per heavy atom. The van der Waals surface area contributed by atoms with E-state index in [-0.39, 0.29) is 7.43 Å². The van der Waals surface area contributed by atoms with Crippen molar-refractivity contribution in [1.82, 2.24) is 9.97 Å². The van der Waals surface area contributed by atoms with Gasteiger partial charge in [0.15, 0.2) is 0 Å². The SMILES string of the molecule is C.CCCc1nc(-c2ccc(Cl)cc2)[nH]c1C. The summed E-state index contributed by atoms with van der Waals surface area (Å²) in [5, 5.41) is 0.751. The number of imidazole rings is 1. The van der Waals surface area contributed by atoms with E-state index in [1.54, 1.807) is 0 Å². The molecule has 1 heterocycles. The maximum absolute atomic E-state index is 5.85. The zero-order valence-corrected chi connectivity index (χ0v) is 10.3. The average Bonchev–Trinajstić information content (AvgIpc) is 2.62. The summed E-state index contributed by atoms with van der Waals surface area (Å²) in [6, 6.07) is 7.73. The number of rotatable bonds is 3. The van der Waals surface area contributed by atoms with Gasteiger partial charge in [-0.25, -0.2) is 4.98 Å². The molecule has 1 aromatic heterocycles. The van der Waals surface area contributed by atoms with Crippen LogP contribution < -0.4 is 0 Å². The Kier molecular flexibility index (Phi) is 4.76. The van der Waals surface area contributed by atoms with Crippen molar-refractivity contribution in [3.8, 4) is 11.4 Å². The third kappa shape index (κ3) is 3.10. The van der Waals surface area contributed by atoms with Crippen LogP contribution in [0.4, 0.5) is 0 Å². The van der Waals surface area contributed by atoms with Crippen LogP contribution in [0.15, 0.2) is 24.3 Å². The van der Waals surface area contributed by atoms with Crippen molar-refractivity contribution in [2.75, 3.05) is 0 Å². The molecular formula is C14H19ClN2. The van der Waals surface area contributed by atoms with E-state index < -0.39 is 0 Å². The van der Waals surface area contributed by atoms with Crippen molar-refractivity contribution in [2.45, 2.75) is 34.1 Å². The van der Waals surface area contributed by atoms with E-state index >= 15 is 0 Å². The van der Waals surface area contributed by atoms with Crippen molar-refractivity contribution >= 4 is 11.6 Å². The highest BCUT2D eigenvalue weighted by atomic mass is 35.5. The van der Waals surface area contributed by atoms with Crippen LogP contribution in [0.2, 0.25) is 5.02 Å². The molecule has 0 radical (unpaired) electrons. The van der Waals surface area contributed by atoms with Crippen LogP contribution in [-0.4, -0.2) is 9.97 Å². The number of nitrogens with zero attached hydrogens (tertiary/aromatic N) is 1. The molecule has 0 spiro atoms. The Morgan fingerprint density at radius 3 is 2.47 bits per heavy atom. The summed E-state index contributed by atoms with van der Waals surface area (Å²) in [5.41, 5.74) is 3.40. The van der Waals surface area contributed by atoms with Crippen LogP contribution in [0.5, 0.6) is 0 Å². The molecule has 1 aromatic carbocycles. The molecule has 0 aliphatic carbocycles. The normalized spacial score (nSPS) is 10.1. The van der Waals surface area contributed by atoms with Crippen LogP contribution in [-0.2, 0) is 6.42 Å². The molecular weight excluding hydrogens is 232 g/mol. The number of hydrogen-bond acceptors (Lipinski definition) is 1. The van der Waals surface area contributed by atoms with E-state index in [2.05, 4.69) is 23.8 Å². The number of aryl methyl sites for hydroxylation is 2. The van der Waals surface area contributed by atoms with Gasteiger partial charge in [0.2, 0.25) is 0 Å². The van der Waals surface area contributed by atoms with Gasteiger partial charge in [0.05, 0.1) is 5.69 Å². The maximum atomic E-state index is 5.85. The number of aromatic amines is 1. The van der Waals surface area contributed by atoms with Crippen molar-refractivity contribution in [3.05, 3.63) is 40.7 Å². The van der Waals surface area contributed by atoms with E-state index in [9.17, 15) is 0 Å². The first kappa shape index (κ1) is 13.8. The van der Waals surface area contributed by atoms with Crippen molar-refractivity contribution in [1.29, 1.82) is 0 Å². The Labute approximate surface area is 108 Å². The minimum Gasteiger partial charge on any atom is -0.342 e. The lowest BCUT2D eigenvalue weighted by molar-refractivity contribution is 0.883. The fourth-order valence-electron chi connectivity index (χ4n) is 1.72. The highest BCUT2D eigenvalue weighted by Crippen LogP contribution is 2.20. The molecule has 0 amide bonds. The number of nitrogens with one attached hydrogen (secondary N) is 1. The Hall–Kier alpha value is -1.28. The van der Waals surface area contributed by atoms with E-state index in [1.165, 1.54) is 0 Å². The molecule has 0 saturated heterocycles. The van der Waals surface area contributed by atoms with Gasteiger partial charge >= 0.3 is 0 Å². The summed E-state index contributed by atoms with van der Waals surface area (Å²) >= 11 is 5.85. The van der Waals surface area contributed by atoms with Crippen molar-refractivity contribution < 1.29 is 0 Å². The van der Waals surface area contributed by atoms with Gasteiger partial charge in [-0.15, -0.1) is 0 Å². The fourth-order valence-corrected chi connectivity index (χ4v) is 1.85. The summed E-state index contributed by atoms with van der Waals surface area (Å²) in [4.78, 5) is 7.91. The van der Waals surface area contributed by atoms with Gasteiger partial charge in [-0.2, -0.15) is 0 Å². The molecule has 1 N–H and O–H groups in total. The summed E-state index contributed by atoms with van der Waals surface area (Å²) in [7, 11) is 0. The molecule has 0 aliphatic heterocycles. The standard InChI is InChI=1S/C13H15ClN2.CH4/c1-3-4-12-9(2)15-13(16-12)10-5-7-11(14)8-6-10;/h5-8H,3-4H2,1-2H3,(H,15,16);1H4. The molecule has 0 bridgehead atoms. The largest absolute Gasteiger partial charge is 0.342 e. The predicted octanol–water partition coefficient (Wildman–Crippen LogP) is 4.63. The average molecular weight is 251 g/mol. The van der Waals surface area contributed by atoms with Gasteiger partial charge < -0.3 is 4.98 Å². The summed E-state index contributed by atoms with van der Waals surface area (Å²) in [6.07, 6.45) is 2.14. The molecule has 0 aliphatic rings. The minimum atomic E-state index is 0. The Bertz CT molecular complexity index is 471. The number of halogens is 1. The second-order valence-electron chi connectivity index (χ2n) is 3.91. The third-order valence-electron chi connectivity index (χ3n) is 2.59. The van der Waals surface area contributed by atoms with Crippen LogP contribution in [0.1, 0.15) is 32.2 Å². The summed E-state index contributed by atoms with van der Waals surface area (Å²) < 4.78 is 0. The molecule has 2 nitrogen and oxygen atoms in total. The number of benzene rings is 1. The van der Waals surface area contributed by atoms with E-state index in [0.717, 1.165) is 40.6 Å². The fraction of sp³-hybridized carbons (Fsp3) is 0.357. The van der Waals surface area contributed by atoms with Gasteiger partial charge in [0.1, 0.15) is 5.82 Å². The van der Waals surface area contributed by atoms with E-state index in [1.807, 2.05) is 24.3 Å². The van der Waals surface area contributed by atoms with Crippen LogP contribution in [0.3, 0.4) is 0 Å². The lowest BCUT2D eigenvalue weighted by Crippen LogP contribution is -1.85. The second-order valence-corrected chi connectivity index (χ2v) is 4.35. The zero-order valence-electron chi connectivity index (χ0n) is 9.55. The third-order valence-corrected chi connectivity index (χ3v) is 2.84. The monoisotopic (exact) mass is 250 g/mol. The number of H-pyrrole nitrogens is 1. The summed E-state index contributed by atoms with van der Waals surface area (Å²) in [5.74, 6) is 0.928. The number of aromatic nitrogens is 2. The van der Waals surface area contributed by atoms with E-state index in [4.69, 9.17) is 11.6 Å². The molecule has 92 valence electrons. The zero-order chi connectivity index (χ0) is 11.5. The first-order valence-electron chi connectivity index (χ1n) is 5.52. The minimum absolute atomic E-state index is 0. The lowest BCUT2D eigenvalue weighted by atomic mass is 10.2. The first-order chi connectivity index (χ1) is 7.70. The molecule has 3 heteroatoms. The predicted molar refractivity (Wildman–Crippen MR) is 74.5 cm³/mol. The molecule has 2 rings (SSSR count). The molecule has 0 unspecified atom stereocenters. The van der Waals surface area contributed by atoms with Gasteiger partial charge in [-0.1, -0.05) is 32.4 Å². The molecule has 0 fully saturated rings. The van der Waals surface area contributed by atoms with Gasteiger partial charge in [0, 0.05) is 16.3 Å². The smallest absolute Gasteiger partial charge is 0.137 e. The van der Waals surface area contributed by atoms with E-state index in [0.29, 0.717) is 0 Å². The molecule has 2 aromatic rings.